The lowest BCUT2D eigenvalue weighted by molar-refractivity contribution is 0.572. The topological polar surface area (TPSA) is 156 Å². The number of hydrogen-bond donors (Lipinski definition) is 4. The summed E-state index contributed by atoms with van der Waals surface area (Å²) in [7, 11) is -7.27. The summed E-state index contributed by atoms with van der Waals surface area (Å²) >= 11 is 0. The van der Waals surface area contributed by atoms with E-state index in [9.17, 15) is 21.2 Å². The van der Waals surface area contributed by atoms with E-state index >= 15 is 0 Å². The first-order chi connectivity index (χ1) is 15.4. The van der Waals surface area contributed by atoms with Crippen LogP contribution in [0.4, 0.5) is 27.5 Å². The minimum absolute atomic E-state index is 0.0326. The first-order valence-corrected chi connectivity index (χ1v) is 12.8. The molecule has 0 radical (unpaired) electrons. The van der Waals surface area contributed by atoms with Crippen molar-refractivity contribution in [1.29, 1.82) is 0 Å². The summed E-state index contributed by atoms with van der Waals surface area (Å²) in [5, 5.41) is 10.2. The van der Waals surface area contributed by atoms with E-state index in [1.165, 1.54) is 18.2 Å². The summed E-state index contributed by atoms with van der Waals surface area (Å²) in [6.07, 6.45) is 0.969. The van der Waals surface area contributed by atoms with Crippen molar-refractivity contribution in [3.05, 3.63) is 66.1 Å². The number of sulfonamides is 2. The number of nitrogens with zero attached hydrogens (tertiary/aromatic N) is 2. The molecule has 0 aliphatic heterocycles. The quantitative estimate of drug-likeness (QED) is 0.354. The number of nitrogens with two attached hydrogens (primary N) is 1. The number of halogens is 1. The lowest BCUT2D eigenvalue weighted by atomic mass is 10.2. The second-order valence-electron chi connectivity index (χ2n) is 7.32. The van der Waals surface area contributed by atoms with E-state index in [2.05, 4.69) is 25.3 Å². The maximum atomic E-state index is 14.2. The van der Waals surface area contributed by atoms with Crippen LogP contribution >= 0.6 is 0 Å². The summed E-state index contributed by atoms with van der Waals surface area (Å²) < 4.78 is 63.5. The third kappa shape index (κ3) is 6.68. The molecule has 1 aromatic heterocycles. The highest BCUT2D eigenvalue weighted by Gasteiger charge is 2.15. The van der Waals surface area contributed by atoms with Crippen LogP contribution in [-0.2, 0) is 26.6 Å². The summed E-state index contributed by atoms with van der Waals surface area (Å²) in [4.78, 5) is 7.85. The standard InChI is InChI=1S/C20H23FN6O4S2/c1-13(2)33(30,31)24-11-14-6-8-15(9-7-14)25-19-18(21)12-23-20(27-19)26-16-4-3-5-17(10-16)32(22,28)29/h3-10,12-13,24H,11H2,1-2H3,(H2,22,28,29)(H2,23,25,26,27). The van der Waals surface area contributed by atoms with Crippen molar-refractivity contribution >= 4 is 43.2 Å². The molecule has 0 spiro atoms. The molecule has 1 heterocycles. The summed E-state index contributed by atoms with van der Waals surface area (Å²) in [6, 6.07) is 12.4. The van der Waals surface area contributed by atoms with Gasteiger partial charge in [-0.3, -0.25) is 0 Å². The van der Waals surface area contributed by atoms with Gasteiger partial charge in [0.25, 0.3) is 0 Å². The fourth-order valence-electron chi connectivity index (χ4n) is 2.59. The Morgan fingerprint density at radius 2 is 1.70 bits per heavy atom. The zero-order valence-electron chi connectivity index (χ0n) is 17.8. The van der Waals surface area contributed by atoms with Crippen molar-refractivity contribution < 1.29 is 21.2 Å². The van der Waals surface area contributed by atoms with Gasteiger partial charge in [-0.25, -0.2) is 36.1 Å². The minimum Gasteiger partial charge on any atom is -0.338 e. The van der Waals surface area contributed by atoms with Crippen LogP contribution in [0.3, 0.4) is 0 Å². The molecule has 0 aliphatic rings. The number of anilines is 4. The van der Waals surface area contributed by atoms with Gasteiger partial charge in [-0.15, -0.1) is 0 Å². The predicted octanol–water partition coefficient (Wildman–Crippen LogP) is 2.58. The van der Waals surface area contributed by atoms with Crippen LogP contribution in [0.2, 0.25) is 0 Å². The van der Waals surface area contributed by atoms with Crippen molar-refractivity contribution in [3.8, 4) is 0 Å². The van der Waals surface area contributed by atoms with Crippen LogP contribution in [0.15, 0.2) is 59.6 Å². The lowest BCUT2D eigenvalue weighted by Gasteiger charge is -2.11. The van der Waals surface area contributed by atoms with Crippen molar-refractivity contribution in [1.82, 2.24) is 14.7 Å². The van der Waals surface area contributed by atoms with Crippen molar-refractivity contribution in [2.24, 2.45) is 5.14 Å². The van der Waals surface area contributed by atoms with Gasteiger partial charge in [0.2, 0.25) is 26.0 Å². The maximum absolute atomic E-state index is 14.2. The minimum atomic E-state index is -3.88. The largest absolute Gasteiger partial charge is 0.338 e. The van der Waals surface area contributed by atoms with Crippen LogP contribution in [-0.4, -0.2) is 32.1 Å². The summed E-state index contributed by atoms with van der Waals surface area (Å²) in [6.45, 7) is 3.31. The second-order valence-corrected chi connectivity index (χ2v) is 11.2. The number of rotatable bonds is 9. The number of hydrogen-bond acceptors (Lipinski definition) is 8. The number of primary sulfonamides is 1. The molecule has 0 saturated heterocycles. The normalized spacial score (nSPS) is 12.0. The van der Waals surface area contributed by atoms with E-state index in [0.29, 0.717) is 11.4 Å². The molecule has 0 saturated carbocycles. The van der Waals surface area contributed by atoms with Crippen LogP contribution in [0.1, 0.15) is 19.4 Å². The Kier molecular flexibility index (Phi) is 7.27. The van der Waals surface area contributed by atoms with Crippen LogP contribution in [0.5, 0.6) is 0 Å². The highest BCUT2D eigenvalue weighted by Crippen LogP contribution is 2.22. The Bertz CT molecular complexity index is 1350. The Hall–Kier alpha value is -3.13. The maximum Gasteiger partial charge on any atom is 0.238 e. The fraction of sp³-hybridized carbons (Fsp3) is 0.200. The molecule has 0 unspecified atom stereocenters. The molecule has 0 atom stereocenters. The molecule has 10 nitrogen and oxygen atoms in total. The Balaban J connectivity index is 1.71. The molecule has 13 heteroatoms. The molecule has 33 heavy (non-hydrogen) atoms. The molecule has 0 bridgehead atoms. The van der Waals surface area contributed by atoms with E-state index in [4.69, 9.17) is 5.14 Å². The average Bonchev–Trinajstić information content (AvgIpc) is 2.75. The fourth-order valence-corrected chi connectivity index (χ4v) is 3.85. The number of benzene rings is 2. The lowest BCUT2D eigenvalue weighted by Crippen LogP contribution is -2.30. The third-order valence-corrected chi connectivity index (χ3v) is 7.18. The monoisotopic (exact) mass is 494 g/mol. The molecular formula is C20H23FN6O4S2. The van der Waals surface area contributed by atoms with Gasteiger partial charge in [-0.05, 0) is 49.7 Å². The van der Waals surface area contributed by atoms with Crippen molar-refractivity contribution in [3.63, 3.8) is 0 Å². The molecule has 3 aromatic rings. The summed E-state index contributed by atoms with van der Waals surface area (Å²) in [5.74, 6) is -0.777. The third-order valence-electron chi connectivity index (χ3n) is 4.48. The average molecular weight is 495 g/mol. The zero-order chi connectivity index (χ0) is 24.2. The van der Waals surface area contributed by atoms with Crippen LogP contribution < -0.4 is 20.5 Å². The van der Waals surface area contributed by atoms with E-state index in [1.54, 1.807) is 44.2 Å². The highest BCUT2D eigenvalue weighted by atomic mass is 32.2. The van der Waals surface area contributed by atoms with Gasteiger partial charge in [-0.1, -0.05) is 18.2 Å². The number of nitrogens with one attached hydrogen (secondary N) is 3. The molecule has 176 valence electrons. The van der Waals surface area contributed by atoms with E-state index in [0.717, 1.165) is 11.8 Å². The van der Waals surface area contributed by atoms with E-state index in [-0.39, 0.29) is 23.2 Å². The molecule has 0 aliphatic carbocycles. The van der Waals surface area contributed by atoms with Gasteiger partial charge in [0.1, 0.15) is 0 Å². The van der Waals surface area contributed by atoms with Gasteiger partial charge >= 0.3 is 0 Å². The number of aromatic nitrogens is 2. The van der Waals surface area contributed by atoms with Gasteiger partial charge in [0.05, 0.1) is 16.3 Å². The van der Waals surface area contributed by atoms with Crippen LogP contribution in [0.25, 0.3) is 0 Å². The Morgan fingerprint density at radius 1 is 1.00 bits per heavy atom. The van der Waals surface area contributed by atoms with Gasteiger partial charge < -0.3 is 10.6 Å². The molecule has 3 rings (SSSR count). The Labute approximate surface area is 191 Å². The first kappa shape index (κ1) is 24.5. The molecule has 0 amide bonds. The van der Waals surface area contributed by atoms with Crippen molar-refractivity contribution in [2.75, 3.05) is 10.6 Å². The smallest absolute Gasteiger partial charge is 0.238 e. The zero-order valence-corrected chi connectivity index (χ0v) is 19.4. The Morgan fingerprint density at radius 3 is 2.33 bits per heavy atom. The van der Waals surface area contributed by atoms with Crippen molar-refractivity contribution in [2.45, 2.75) is 30.5 Å². The molecule has 2 aromatic carbocycles. The van der Waals surface area contributed by atoms with Gasteiger partial charge in [0.15, 0.2) is 11.6 Å². The predicted molar refractivity (Wildman–Crippen MR) is 124 cm³/mol. The van der Waals surface area contributed by atoms with E-state index < -0.39 is 31.1 Å². The molecule has 0 fully saturated rings. The van der Waals surface area contributed by atoms with Gasteiger partial charge in [0, 0.05) is 17.9 Å². The van der Waals surface area contributed by atoms with Gasteiger partial charge in [-0.2, -0.15) is 4.98 Å². The second kappa shape index (κ2) is 9.79. The SMILES string of the molecule is CC(C)S(=O)(=O)NCc1ccc(Nc2nc(Nc3cccc(S(N)(=O)=O)c3)ncc2F)cc1. The molecular weight excluding hydrogens is 471 g/mol. The van der Waals surface area contributed by atoms with E-state index in [1.807, 2.05) is 0 Å². The summed E-state index contributed by atoms with van der Waals surface area (Å²) in [5.41, 5.74) is 1.60. The first-order valence-electron chi connectivity index (χ1n) is 9.71. The van der Waals surface area contributed by atoms with Crippen LogP contribution in [0, 0.1) is 5.82 Å². The molecule has 5 N–H and O–H groups in total. The highest BCUT2D eigenvalue weighted by molar-refractivity contribution is 7.90.